The van der Waals surface area contributed by atoms with Crippen LogP contribution in [0.15, 0.2) is 24.3 Å². The van der Waals surface area contributed by atoms with Gasteiger partial charge in [0.05, 0.1) is 13.2 Å². The highest BCUT2D eigenvalue weighted by molar-refractivity contribution is 5.97. The number of ether oxygens (including phenoxy) is 2. The van der Waals surface area contributed by atoms with E-state index in [1.807, 2.05) is 13.8 Å². The van der Waals surface area contributed by atoms with Crippen molar-refractivity contribution in [2.24, 2.45) is 0 Å². The Morgan fingerprint density at radius 3 is 2.06 bits per heavy atom. The molecule has 12 heteroatoms. The zero-order chi connectivity index (χ0) is 24.6. The summed E-state index contributed by atoms with van der Waals surface area (Å²) in [5.74, 6) is -7.63. The van der Waals surface area contributed by atoms with Crippen molar-refractivity contribution >= 4 is 17.6 Å². The van der Waals surface area contributed by atoms with Gasteiger partial charge in [-0.15, -0.1) is 0 Å². The number of nitrogens with zero attached hydrogens (tertiary/aromatic N) is 1. The lowest BCUT2D eigenvalue weighted by atomic mass is 10.0. The molecule has 0 aliphatic heterocycles. The van der Waals surface area contributed by atoms with Crippen LogP contribution >= 0.6 is 0 Å². The molecular weight excluding hydrogens is 443 g/mol. The number of carbonyl (C=O) groups is 2. The Labute approximate surface area is 182 Å². The van der Waals surface area contributed by atoms with Crippen molar-refractivity contribution < 1.29 is 46.1 Å². The van der Waals surface area contributed by atoms with Gasteiger partial charge in [-0.2, -0.15) is 22.0 Å². The van der Waals surface area contributed by atoms with Crippen molar-refractivity contribution in [3.8, 4) is 0 Å². The molecule has 32 heavy (non-hydrogen) atoms. The van der Waals surface area contributed by atoms with E-state index in [2.05, 4.69) is 9.64 Å². The molecule has 0 heterocycles. The summed E-state index contributed by atoms with van der Waals surface area (Å²) in [5.41, 5.74) is -4.74. The molecule has 1 unspecified atom stereocenters. The largest absolute Gasteiger partial charge is 0.459 e. The lowest BCUT2D eigenvalue weighted by Crippen LogP contribution is -2.52. The number of halogens is 5. The Morgan fingerprint density at radius 1 is 1.00 bits per heavy atom. The zero-order valence-corrected chi connectivity index (χ0v) is 18.0. The van der Waals surface area contributed by atoms with Gasteiger partial charge in [-0.3, -0.25) is 4.79 Å². The van der Waals surface area contributed by atoms with Crippen LogP contribution in [0.3, 0.4) is 0 Å². The van der Waals surface area contributed by atoms with Gasteiger partial charge in [0.25, 0.3) is 5.91 Å². The number of benzene rings is 1. The third-order valence-electron chi connectivity index (χ3n) is 4.66. The Hall–Kier alpha value is -2.31. The average Bonchev–Trinajstić information content (AvgIpc) is 2.72. The van der Waals surface area contributed by atoms with Gasteiger partial charge in [-0.25, -0.2) is 4.79 Å². The maximum atomic E-state index is 14.3. The van der Waals surface area contributed by atoms with E-state index in [-0.39, 0.29) is 25.8 Å². The Balaban J connectivity index is 2.59. The summed E-state index contributed by atoms with van der Waals surface area (Å²) in [4.78, 5) is 25.5. The molecule has 1 aromatic rings. The first-order chi connectivity index (χ1) is 14.8. The fourth-order valence-electron chi connectivity index (χ4n) is 2.38. The average molecular weight is 470 g/mol. The third kappa shape index (κ3) is 7.38. The molecule has 2 N–H and O–H groups in total. The normalized spacial score (nSPS) is 14.2. The van der Waals surface area contributed by atoms with Gasteiger partial charge in [0.1, 0.15) is 6.61 Å². The molecular formula is C20H27F5N2O5. The Bertz CT molecular complexity index is 750. The van der Waals surface area contributed by atoms with E-state index < -0.39 is 35.1 Å². The number of hydrogen-bond acceptors (Lipinski definition) is 6. The van der Waals surface area contributed by atoms with E-state index >= 15 is 0 Å². The summed E-state index contributed by atoms with van der Waals surface area (Å²) in [7, 11) is 0. The second-order valence-electron chi connectivity index (χ2n) is 6.95. The fraction of sp³-hybridized carbons (Fsp3) is 0.600. The summed E-state index contributed by atoms with van der Waals surface area (Å²) in [6.45, 7) is 6.47. The van der Waals surface area contributed by atoms with Crippen LogP contribution in [0.2, 0.25) is 0 Å². The maximum Gasteiger partial charge on any atom is 0.426 e. The highest BCUT2D eigenvalue weighted by Gasteiger charge is 2.55. The van der Waals surface area contributed by atoms with Gasteiger partial charge in [0.2, 0.25) is 5.60 Å². The molecule has 1 rings (SSSR count). The van der Waals surface area contributed by atoms with Crippen LogP contribution < -0.4 is 5.32 Å². The number of likely N-dealkylation sites (N-methyl/N-ethyl adjacent to an activating group) is 1. The minimum absolute atomic E-state index is 0.0623. The van der Waals surface area contributed by atoms with E-state index in [4.69, 9.17) is 4.74 Å². The number of alkyl halides is 5. The molecule has 0 radical (unpaired) electrons. The SMILES string of the molecule is CCN(CC)CCOCCOC(=O)C(F)(F)c1ccc(NC(=O)C(C)(O)C(F)(F)F)cc1. The number of hydrogen-bond donors (Lipinski definition) is 2. The summed E-state index contributed by atoms with van der Waals surface area (Å²) >= 11 is 0. The fourth-order valence-corrected chi connectivity index (χ4v) is 2.38. The second-order valence-corrected chi connectivity index (χ2v) is 6.95. The van der Waals surface area contributed by atoms with Crippen LogP contribution in [0.4, 0.5) is 27.6 Å². The number of rotatable bonds is 12. The maximum absolute atomic E-state index is 14.3. The molecule has 0 aliphatic carbocycles. The van der Waals surface area contributed by atoms with Gasteiger partial charge in [0.15, 0.2) is 0 Å². The molecule has 0 saturated heterocycles. The molecule has 1 amide bonds. The standard InChI is InChI=1S/C20H27F5N2O5/c1-4-27(5-2)10-11-31-12-13-32-17(29)19(21,22)14-6-8-15(9-7-14)26-16(28)18(3,30)20(23,24)25/h6-9,30H,4-5,10-13H2,1-3H3,(H,26,28). The van der Waals surface area contributed by atoms with Gasteiger partial charge in [0, 0.05) is 17.8 Å². The first-order valence-electron chi connectivity index (χ1n) is 9.83. The van der Waals surface area contributed by atoms with Crippen molar-refractivity contribution in [2.75, 3.05) is 44.8 Å². The molecule has 1 aromatic carbocycles. The summed E-state index contributed by atoms with van der Waals surface area (Å²) in [6.07, 6.45) is -5.23. The number of anilines is 1. The van der Waals surface area contributed by atoms with Crippen LogP contribution in [-0.4, -0.2) is 73.1 Å². The summed E-state index contributed by atoms with van der Waals surface area (Å²) in [6, 6.07) is 3.24. The molecule has 0 aromatic heterocycles. The van der Waals surface area contributed by atoms with Crippen molar-refractivity contribution in [3.05, 3.63) is 29.8 Å². The first kappa shape index (κ1) is 27.7. The van der Waals surface area contributed by atoms with Gasteiger partial charge < -0.3 is 24.8 Å². The smallest absolute Gasteiger partial charge is 0.426 e. The van der Waals surface area contributed by atoms with Crippen molar-refractivity contribution in [2.45, 2.75) is 38.5 Å². The Morgan fingerprint density at radius 2 is 1.56 bits per heavy atom. The predicted molar refractivity (Wildman–Crippen MR) is 105 cm³/mol. The number of nitrogens with one attached hydrogen (secondary N) is 1. The van der Waals surface area contributed by atoms with E-state index in [1.54, 1.807) is 5.32 Å². The molecule has 0 aliphatic rings. The highest BCUT2D eigenvalue weighted by atomic mass is 19.4. The van der Waals surface area contributed by atoms with Crippen LogP contribution in [0.1, 0.15) is 26.3 Å². The van der Waals surface area contributed by atoms with Crippen LogP contribution in [-0.2, 0) is 25.0 Å². The molecule has 7 nitrogen and oxygen atoms in total. The van der Waals surface area contributed by atoms with E-state index in [0.29, 0.717) is 13.2 Å². The van der Waals surface area contributed by atoms with Crippen LogP contribution in [0.5, 0.6) is 0 Å². The minimum Gasteiger partial charge on any atom is -0.459 e. The van der Waals surface area contributed by atoms with Crippen molar-refractivity contribution in [1.82, 2.24) is 4.90 Å². The molecule has 1 atom stereocenters. The lowest BCUT2D eigenvalue weighted by molar-refractivity contribution is -0.242. The van der Waals surface area contributed by atoms with Crippen molar-refractivity contribution in [3.63, 3.8) is 0 Å². The van der Waals surface area contributed by atoms with E-state index in [1.165, 1.54) is 0 Å². The van der Waals surface area contributed by atoms with Gasteiger partial charge >= 0.3 is 18.1 Å². The number of esters is 1. The first-order valence-corrected chi connectivity index (χ1v) is 9.83. The molecule has 0 bridgehead atoms. The van der Waals surface area contributed by atoms with Crippen LogP contribution in [0.25, 0.3) is 0 Å². The molecule has 0 spiro atoms. The number of amides is 1. The van der Waals surface area contributed by atoms with Gasteiger partial charge in [-0.1, -0.05) is 26.0 Å². The topological polar surface area (TPSA) is 88.1 Å². The Kier molecular flexibility index (Phi) is 9.98. The van der Waals surface area contributed by atoms with Crippen molar-refractivity contribution in [1.29, 1.82) is 0 Å². The number of aliphatic hydroxyl groups is 1. The zero-order valence-electron chi connectivity index (χ0n) is 18.0. The molecule has 0 saturated carbocycles. The molecule has 0 fully saturated rings. The molecule has 182 valence electrons. The quantitative estimate of drug-likeness (QED) is 0.278. The summed E-state index contributed by atoms with van der Waals surface area (Å²) in [5, 5.41) is 11.1. The third-order valence-corrected chi connectivity index (χ3v) is 4.66. The minimum atomic E-state index is -5.23. The number of carbonyl (C=O) groups excluding carboxylic acids is 2. The van der Waals surface area contributed by atoms with Gasteiger partial charge in [-0.05, 0) is 32.1 Å². The van der Waals surface area contributed by atoms with E-state index in [9.17, 15) is 36.6 Å². The lowest BCUT2D eigenvalue weighted by Gasteiger charge is -2.25. The second kappa shape index (κ2) is 11.5. The summed E-state index contributed by atoms with van der Waals surface area (Å²) < 4.78 is 76.3. The predicted octanol–water partition coefficient (Wildman–Crippen LogP) is 2.93. The monoisotopic (exact) mass is 470 g/mol. The van der Waals surface area contributed by atoms with E-state index in [0.717, 1.165) is 37.4 Å². The van der Waals surface area contributed by atoms with Crippen LogP contribution in [0, 0.1) is 0 Å². The highest BCUT2D eigenvalue weighted by Crippen LogP contribution is 2.32.